The van der Waals surface area contributed by atoms with Gasteiger partial charge < -0.3 is 15.9 Å². The fourth-order valence-corrected chi connectivity index (χ4v) is 3.33. The van der Waals surface area contributed by atoms with Crippen LogP contribution in [0.1, 0.15) is 17.1 Å². The minimum Gasteiger partial charge on any atom is -0.396 e. The van der Waals surface area contributed by atoms with Gasteiger partial charge in [-0.05, 0) is 48.0 Å². The summed E-state index contributed by atoms with van der Waals surface area (Å²) in [4.78, 5) is 7.08. The molecule has 1 fully saturated rings. The van der Waals surface area contributed by atoms with Crippen molar-refractivity contribution in [3.8, 4) is 0 Å². The summed E-state index contributed by atoms with van der Waals surface area (Å²) >= 11 is 0. The van der Waals surface area contributed by atoms with Crippen LogP contribution < -0.4 is 5.73 Å². The molecule has 0 saturated carbocycles. The maximum absolute atomic E-state index is 13.1. The summed E-state index contributed by atoms with van der Waals surface area (Å²) in [5, 5.41) is 8.26. The first-order chi connectivity index (χ1) is 13.6. The van der Waals surface area contributed by atoms with Gasteiger partial charge >= 0.3 is 0 Å². The van der Waals surface area contributed by atoms with Crippen LogP contribution in [0.2, 0.25) is 0 Å². The van der Waals surface area contributed by atoms with Gasteiger partial charge in [0.05, 0.1) is 35.8 Å². The number of fused-ring (bicyclic) bond motifs is 1. The summed E-state index contributed by atoms with van der Waals surface area (Å²) in [5.74, 6) is 0.270. The molecule has 0 aliphatic carbocycles. The quantitative estimate of drug-likeness (QED) is 0.668. The summed E-state index contributed by atoms with van der Waals surface area (Å²) in [6, 6.07) is 11.7. The average Bonchev–Trinajstić information content (AvgIpc) is 3.08. The molecule has 28 heavy (non-hydrogen) atoms. The number of imidazole rings is 1. The standard InChI is InChI=1S/C21H22FN5O/c22-16-6-4-15(5-7-16)17(23)13-18(24)21-25-19(14-26-9-11-28-12-10-26)20-3-1-2-8-27(20)21/h1-8,13,23H,9-12,14,24H2/b18-13-,23-17?. The maximum atomic E-state index is 13.1. The topological polar surface area (TPSA) is 79.6 Å². The second-order valence-electron chi connectivity index (χ2n) is 6.75. The lowest BCUT2D eigenvalue weighted by molar-refractivity contribution is 0.0339. The van der Waals surface area contributed by atoms with E-state index in [2.05, 4.69) is 4.90 Å². The zero-order valence-corrected chi connectivity index (χ0v) is 15.4. The highest BCUT2D eigenvalue weighted by molar-refractivity contribution is 6.09. The molecule has 7 heteroatoms. The second-order valence-corrected chi connectivity index (χ2v) is 6.75. The molecular weight excluding hydrogens is 357 g/mol. The largest absolute Gasteiger partial charge is 0.396 e. The van der Waals surface area contributed by atoms with E-state index in [1.54, 1.807) is 18.2 Å². The first-order valence-corrected chi connectivity index (χ1v) is 9.20. The van der Waals surface area contributed by atoms with Crippen molar-refractivity contribution >= 4 is 16.9 Å². The number of benzene rings is 1. The lowest BCUT2D eigenvalue weighted by Gasteiger charge is -2.25. The number of rotatable bonds is 5. The van der Waals surface area contributed by atoms with E-state index in [1.807, 2.05) is 28.8 Å². The Morgan fingerprint density at radius 3 is 2.68 bits per heavy atom. The van der Waals surface area contributed by atoms with Gasteiger partial charge in [-0.15, -0.1) is 0 Å². The van der Waals surface area contributed by atoms with Crippen molar-refractivity contribution in [2.24, 2.45) is 5.73 Å². The van der Waals surface area contributed by atoms with E-state index in [0.29, 0.717) is 17.1 Å². The third kappa shape index (κ3) is 3.81. The summed E-state index contributed by atoms with van der Waals surface area (Å²) < 4.78 is 20.5. The van der Waals surface area contributed by atoms with Crippen LogP contribution in [0.3, 0.4) is 0 Å². The van der Waals surface area contributed by atoms with E-state index in [-0.39, 0.29) is 11.5 Å². The number of nitrogens with one attached hydrogen (secondary N) is 1. The lowest BCUT2D eigenvalue weighted by atomic mass is 10.1. The predicted molar refractivity (Wildman–Crippen MR) is 107 cm³/mol. The first kappa shape index (κ1) is 18.3. The predicted octanol–water partition coefficient (Wildman–Crippen LogP) is 2.67. The van der Waals surface area contributed by atoms with Gasteiger partial charge in [-0.2, -0.15) is 0 Å². The van der Waals surface area contributed by atoms with Crippen molar-refractivity contribution < 1.29 is 9.13 Å². The van der Waals surface area contributed by atoms with Crippen LogP contribution in [0, 0.1) is 11.2 Å². The number of aromatic nitrogens is 2. The first-order valence-electron chi connectivity index (χ1n) is 9.20. The highest BCUT2D eigenvalue weighted by atomic mass is 19.1. The highest BCUT2D eigenvalue weighted by Gasteiger charge is 2.17. The Morgan fingerprint density at radius 1 is 1.18 bits per heavy atom. The molecule has 1 aromatic carbocycles. The number of hydrogen-bond acceptors (Lipinski definition) is 5. The number of pyridine rings is 1. The average molecular weight is 379 g/mol. The fraction of sp³-hybridized carbons (Fsp3) is 0.238. The normalized spacial score (nSPS) is 15.8. The Kier molecular flexibility index (Phi) is 5.18. The number of hydrogen-bond donors (Lipinski definition) is 2. The van der Waals surface area contributed by atoms with Crippen molar-refractivity contribution in [1.82, 2.24) is 14.3 Å². The molecule has 0 radical (unpaired) electrons. The van der Waals surface area contributed by atoms with E-state index in [4.69, 9.17) is 20.9 Å². The summed E-state index contributed by atoms with van der Waals surface area (Å²) in [5.41, 5.74) is 9.44. The number of morpholine rings is 1. The SMILES string of the molecule is N=C(/C=C(\N)c1nc(CN2CCOCC2)c2ccccn12)c1ccc(F)cc1. The van der Waals surface area contributed by atoms with Crippen LogP contribution in [-0.4, -0.2) is 46.3 Å². The zero-order valence-electron chi connectivity index (χ0n) is 15.4. The Labute approximate surface area is 162 Å². The lowest BCUT2D eigenvalue weighted by Crippen LogP contribution is -2.35. The number of nitrogens with zero attached hydrogens (tertiary/aromatic N) is 3. The van der Waals surface area contributed by atoms with Gasteiger partial charge in [0.25, 0.3) is 0 Å². The van der Waals surface area contributed by atoms with Gasteiger partial charge in [0, 0.05) is 25.8 Å². The van der Waals surface area contributed by atoms with Crippen molar-refractivity contribution in [3.05, 3.63) is 77.6 Å². The Bertz CT molecular complexity index is 1020. The van der Waals surface area contributed by atoms with E-state index in [1.165, 1.54) is 12.1 Å². The molecule has 6 nitrogen and oxygen atoms in total. The van der Waals surface area contributed by atoms with E-state index in [0.717, 1.165) is 44.1 Å². The molecule has 0 amide bonds. The number of ether oxygens (including phenoxy) is 1. The second kappa shape index (κ2) is 7.92. The van der Waals surface area contributed by atoms with E-state index < -0.39 is 0 Å². The van der Waals surface area contributed by atoms with Crippen LogP contribution in [-0.2, 0) is 11.3 Å². The molecule has 1 saturated heterocycles. The van der Waals surface area contributed by atoms with Crippen molar-refractivity contribution in [2.45, 2.75) is 6.54 Å². The molecule has 0 unspecified atom stereocenters. The van der Waals surface area contributed by atoms with Crippen molar-refractivity contribution in [2.75, 3.05) is 26.3 Å². The van der Waals surface area contributed by atoms with Gasteiger partial charge in [0.15, 0.2) is 5.82 Å². The van der Waals surface area contributed by atoms with Crippen LogP contribution in [0.15, 0.2) is 54.7 Å². The Morgan fingerprint density at radius 2 is 1.93 bits per heavy atom. The van der Waals surface area contributed by atoms with Crippen LogP contribution >= 0.6 is 0 Å². The van der Waals surface area contributed by atoms with Gasteiger partial charge in [-0.3, -0.25) is 9.30 Å². The van der Waals surface area contributed by atoms with Crippen LogP contribution in [0.4, 0.5) is 4.39 Å². The van der Waals surface area contributed by atoms with Gasteiger partial charge in [-0.1, -0.05) is 6.07 Å². The zero-order chi connectivity index (χ0) is 19.5. The summed E-state index contributed by atoms with van der Waals surface area (Å²) in [6.45, 7) is 3.94. The molecule has 0 atom stereocenters. The van der Waals surface area contributed by atoms with Gasteiger partial charge in [0.2, 0.25) is 0 Å². The smallest absolute Gasteiger partial charge is 0.160 e. The molecule has 2 aromatic heterocycles. The Hall–Kier alpha value is -3.03. The third-order valence-electron chi connectivity index (χ3n) is 4.81. The maximum Gasteiger partial charge on any atom is 0.160 e. The van der Waals surface area contributed by atoms with Crippen molar-refractivity contribution in [3.63, 3.8) is 0 Å². The third-order valence-corrected chi connectivity index (χ3v) is 4.81. The molecular formula is C21H22FN5O. The molecule has 4 rings (SSSR count). The highest BCUT2D eigenvalue weighted by Crippen LogP contribution is 2.19. The molecule has 1 aliphatic rings. The number of allylic oxidation sites excluding steroid dienone is 1. The fourth-order valence-electron chi connectivity index (χ4n) is 3.33. The molecule has 3 heterocycles. The van der Waals surface area contributed by atoms with Crippen LogP contribution in [0.5, 0.6) is 0 Å². The van der Waals surface area contributed by atoms with Crippen molar-refractivity contribution in [1.29, 1.82) is 5.41 Å². The van der Waals surface area contributed by atoms with E-state index >= 15 is 0 Å². The molecule has 0 spiro atoms. The summed E-state index contributed by atoms with van der Waals surface area (Å²) in [6.07, 6.45) is 3.48. The van der Waals surface area contributed by atoms with Gasteiger partial charge in [0.1, 0.15) is 5.82 Å². The minimum absolute atomic E-state index is 0.208. The number of nitrogens with two attached hydrogens (primary N) is 1. The Balaban J connectivity index is 1.65. The summed E-state index contributed by atoms with van der Waals surface area (Å²) in [7, 11) is 0. The minimum atomic E-state index is -0.333. The molecule has 3 N–H and O–H groups in total. The monoisotopic (exact) mass is 379 g/mol. The molecule has 0 bridgehead atoms. The molecule has 144 valence electrons. The number of halogens is 1. The van der Waals surface area contributed by atoms with E-state index in [9.17, 15) is 4.39 Å². The van der Waals surface area contributed by atoms with Gasteiger partial charge in [-0.25, -0.2) is 9.37 Å². The molecule has 1 aliphatic heterocycles. The molecule has 3 aromatic rings. The van der Waals surface area contributed by atoms with Crippen LogP contribution in [0.25, 0.3) is 11.2 Å².